The second kappa shape index (κ2) is 9.54. The Morgan fingerprint density at radius 3 is 1.71 bits per heavy atom. The van der Waals surface area contributed by atoms with Gasteiger partial charge in [0.1, 0.15) is 13.1 Å². The number of quaternary nitrogens is 1. The lowest BCUT2D eigenvalue weighted by molar-refractivity contribution is -0.924. The molecule has 1 heterocycles. The van der Waals surface area contributed by atoms with Crippen LogP contribution in [0.1, 0.15) is 26.7 Å². The van der Waals surface area contributed by atoms with E-state index in [4.69, 9.17) is 0 Å². The van der Waals surface area contributed by atoms with E-state index in [1.807, 2.05) is 12.2 Å². The Labute approximate surface area is 190 Å². The van der Waals surface area contributed by atoms with Gasteiger partial charge >= 0.3 is 0 Å². The number of hydrogen-bond donors (Lipinski definition) is 0. The summed E-state index contributed by atoms with van der Waals surface area (Å²) in [5, 5.41) is 0. The predicted molar refractivity (Wildman–Crippen MR) is 136 cm³/mol. The van der Waals surface area contributed by atoms with E-state index in [-0.39, 0.29) is 10.8 Å². The SMILES string of the molecule is C=CC1(C)C=CC=C(C[N+]2(CC3=CC=CC(C)(C=C)C=C3)CCC(N(C)C)CC2)C=C1. The highest BCUT2D eigenvalue weighted by molar-refractivity contribution is 5.36. The number of hydrogen-bond acceptors (Lipinski definition) is 1. The van der Waals surface area contributed by atoms with Crippen LogP contribution in [0.3, 0.4) is 0 Å². The molecule has 0 aromatic heterocycles. The molecule has 166 valence electrons. The van der Waals surface area contributed by atoms with Crippen LogP contribution in [0.4, 0.5) is 0 Å². The third-order valence-corrected chi connectivity index (χ3v) is 7.36. The van der Waals surface area contributed by atoms with Crippen LogP contribution >= 0.6 is 0 Å². The van der Waals surface area contributed by atoms with Crippen molar-refractivity contribution in [3.05, 3.63) is 97.2 Å². The van der Waals surface area contributed by atoms with Crippen molar-refractivity contribution < 1.29 is 4.48 Å². The molecule has 0 aromatic carbocycles. The quantitative estimate of drug-likeness (QED) is 0.362. The molecule has 3 aliphatic rings. The third-order valence-electron chi connectivity index (χ3n) is 7.36. The highest BCUT2D eigenvalue weighted by atomic mass is 15.4. The van der Waals surface area contributed by atoms with Gasteiger partial charge in [-0.2, -0.15) is 0 Å². The Morgan fingerprint density at radius 1 is 0.871 bits per heavy atom. The summed E-state index contributed by atoms with van der Waals surface area (Å²) in [4.78, 5) is 2.40. The molecule has 0 bridgehead atoms. The zero-order valence-electron chi connectivity index (χ0n) is 20.1. The number of nitrogens with zero attached hydrogens (tertiary/aromatic N) is 2. The van der Waals surface area contributed by atoms with Crippen LogP contribution in [0.15, 0.2) is 97.2 Å². The summed E-state index contributed by atoms with van der Waals surface area (Å²) in [6.45, 7) is 17.0. The van der Waals surface area contributed by atoms with Crippen molar-refractivity contribution in [3.63, 3.8) is 0 Å². The van der Waals surface area contributed by atoms with Crippen molar-refractivity contribution >= 4 is 0 Å². The third kappa shape index (κ3) is 5.96. The first-order valence-electron chi connectivity index (χ1n) is 11.6. The number of likely N-dealkylation sites (tertiary alicyclic amines) is 1. The normalized spacial score (nSPS) is 35.3. The molecule has 1 fully saturated rings. The lowest BCUT2D eigenvalue weighted by atomic mass is 9.90. The Hall–Kier alpha value is -2.16. The Balaban J connectivity index is 1.84. The molecular weight excluding hydrogens is 376 g/mol. The fourth-order valence-electron chi connectivity index (χ4n) is 4.80. The Bertz CT molecular complexity index is 795. The minimum absolute atomic E-state index is 0.0620. The maximum Gasteiger partial charge on any atom is 0.105 e. The van der Waals surface area contributed by atoms with Gasteiger partial charge in [0.2, 0.25) is 0 Å². The maximum atomic E-state index is 4.02. The minimum Gasteiger partial charge on any atom is -0.316 e. The molecular formula is C29H41N2+. The average Bonchev–Trinajstić information content (AvgIpc) is 3.05. The summed E-state index contributed by atoms with van der Waals surface area (Å²) in [6.07, 6.45) is 29.3. The molecule has 0 spiro atoms. The summed E-state index contributed by atoms with van der Waals surface area (Å²) in [6, 6.07) is 0.691. The van der Waals surface area contributed by atoms with E-state index in [2.05, 4.69) is 107 Å². The summed E-state index contributed by atoms with van der Waals surface area (Å²) >= 11 is 0. The smallest absolute Gasteiger partial charge is 0.105 e. The summed E-state index contributed by atoms with van der Waals surface area (Å²) < 4.78 is 1.12. The van der Waals surface area contributed by atoms with E-state index < -0.39 is 0 Å². The average molecular weight is 418 g/mol. The second-order valence-corrected chi connectivity index (χ2v) is 10.3. The van der Waals surface area contributed by atoms with Crippen LogP contribution < -0.4 is 0 Å². The molecule has 2 aliphatic carbocycles. The first-order chi connectivity index (χ1) is 14.7. The highest BCUT2D eigenvalue weighted by Crippen LogP contribution is 2.31. The molecule has 2 atom stereocenters. The van der Waals surface area contributed by atoms with E-state index in [1.54, 1.807) is 0 Å². The first-order valence-corrected chi connectivity index (χ1v) is 11.6. The first kappa shape index (κ1) is 23.5. The fourth-order valence-corrected chi connectivity index (χ4v) is 4.80. The van der Waals surface area contributed by atoms with Gasteiger partial charge in [0.05, 0.1) is 13.1 Å². The summed E-state index contributed by atoms with van der Waals surface area (Å²) in [5.41, 5.74) is 2.70. The van der Waals surface area contributed by atoms with Crippen molar-refractivity contribution in [2.75, 3.05) is 40.3 Å². The molecule has 0 saturated carbocycles. The maximum absolute atomic E-state index is 4.02. The van der Waals surface area contributed by atoms with Gasteiger partial charge in [0.25, 0.3) is 0 Å². The van der Waals surface area contributed by atoms with Gasteiger partial charge in [0.15, 0.2) is 0 Å². The molecule has 1 saturated heterocycles. The van der Waals surface area contributed by atoms with Gasteiger partial charge in [-0.05, 0) is 27.9 Å². The highest BCUT2D eigenvalue weighted by Gasteiger charge is 2.36. The van der Waals surface area contributed by atoms with Gasteiger partial charge in [-0.3, -0.25) is 0 Å². The molecule has 31 heavy (non-hydrogen) atoms. The topological polar surface area (TPSA) is 3.24 Å². The summed E-state index contributed by atoms with van der Waals surface area (Å²) in [7, 11) is 4.44. The standard InChI is InChI=1S/C29H41N2/c1-7-28(3)17-9-11-25(13-19-28)23-31(21-15-27(16-22-31)30(5)6)24-26-12-10-18-29(4,8-2)20-14-26/h7-14,17-20,27H,1-2,15-16,21-24H2,3-6H3/q+1. The number of piperidine rings is 1. The largest absolute Gasteiger partial charge is 0.316 e. The molecule has 2 unspecified atom stereocenters. The molecule has 0 radical (unpaired) electrons. The van der Waals surface area contributed by atoms with Crippen molar-refractivity contribution in [2.45, 2.75) is 32.7 Å². The molecule has 1 aliphatic heterocycles. The van der Waals surface area contributed by atoms with Gasteiger partial charge in [-0.1, -0.05) is 72.9 Å². The van der Waals surface area contributed by atoms with Crippen LogP contribution in [0.2, 0.25) is 0 Å². The lowest BCUT2D eigenvalue weighted by Crippen LogP contribution is -2.57. The van der Waals surface area contributed by atoms with Gasteiger partial charge in [-0.25, -0.2) is 0 Å². The van der Waals surface area contributed by atoms with E-state index in [0.29, 0.717) is 6.04 Å². The predicted octanol–water partition coefficient (Wildman–Crippen LogP) is 6.02. The van der Waals surface area contributed by atoms with Crippen molar-refractivity contribution in [3.8, 4) is 0 Å². The van der Waals surface area contributed by atoms with E-state index >= 15 is 0 Å². The lowest BCUT2D eigenvalue weighted by Gasteiger charge is -2.45. The van der Waals surface area contributed by atoms with Crippen LogP contribution in [-0.2, 0) is 0 Å². The van der Waals surface area contributed by atoms with Crippen LogP contribution in [0, 0.1) is 10.8 Å². The monoisotopic (exact) mass is 417 g/mol. The minimum atomic E-state index is -0.0620. The van der Waals surface area contributed by atoms with Crippen molar-refractivity contribution in [1.29, 1.82) is 0 Å². The molecule has 0 aromatic rings. The molecule has 3 rings (SSSR count). The number of rotatable bonds is 7. The van der Waals surface area contributed by atoms with Crippen LogP contribution in [-0.4, -0.2) is 55.7 Å². The van der Waals surface area contributed by atoms with Gasteiger partial charge in [0, 0.05) is 40.9 Å². The van der Waals surface area contributed by atoms with E-state index in [9.17, 15) is 0 Å². The van der Waals surface area contributed by atoms with E-state index in [0.717, 1.165) is 17.6 Å². The molecule has 0 amide bonds. The zero-order valence-corrected chi connectivity index (χ0v) is 20.1. The fraction of sp³-hybridized carbons (Fsp3) is 0.448. The molecule has 0 N–H and O–H groups in total. The molecule has 2 nitrogen and oxygen atoms in total. The molecule has 2 heteroatoms. The zero-order chi connectivity index (χ0) is 22.5. The van der Waals surface area contributed by atoms with Crippen LogP contribution in [0.25, 0.3) is 0 Å². The van der Waals surface area contributed by atoms with E-state index in [1.165, 1.54) is 37.1 Å². The number of allylic oxidation sites excluding steroid dienone is 10. The van der Waals surface area contributed by atoms with Crippen molar-refractivity contribution in [2.24, 2.45) is 10.8 Å². The summed E-state index contributed by atoms with van der Waals surface area (Å²) in [5.74, 6) is 0. The Morgan fingerprint density at radius 2 is 1.32 bits per heavy atom. The van der Waals surface area contributed by atoms with Gasteiger partial charge < -0.3 is 9.38 Å². The van der Waals surface area contributed by atoms with Crippen LogP contribution in [0.5, 0.6) is 0 Å². The second-order valence-electron chi connectivity index (χ2n) is 10.3. The van der Waals surface area contributed by atoms with Crippen molar-refractivity contribution in [1.82, 2.24) is 4.90 Å². The Kier molecular flexibility index (Phi) is 7.24. The van der Waals surface area contributed by atoms with Gasteiger partial charge in [-0.15, -0.1) is 13.2 Å².